The molecule has 0 N–H and O–H groups in total. The monoisotopic (exact) mass is 1180 g/mol. The molecule has 0 atom stereocenters. The molecule has 442 valence electrons. The molecule has 0 radical (unpaired) electrons. The van der Waals surface area contributed by atoms with Crippen LogP contribution in [-0.2, 0) is 10.8 Å². The van der Waals surface area contributed by atoms with Crippen LogP contribution in [0.15, 0.2) is 328 Å². The smallest absolute Gasteiger partial charge is 0.0465 e. The van der Waals surface area contributed by atoms with Crippen molar-refractivity contribution < 1.29 is 0 Å². The maximum absolute atomic E-state index is 2.54. The largest absolute Gasteiger partial charge is 0.311 e. The first kappa shape index (κ1) is 55.2. The Morgan fingerprint density at radius 3 is 0.663 bits per heavy atom. The molecule has 0 bridgehead atoms. The van der Waals surface area contributed by atoms with Gasteiger partial charge in [-0.1, -0.05) is 208 Å². The van der Waals surface area contributed by atoms with Gasteiger partial charge in [-0.3, -0.25) is 0 Å². The Labute approximate surface area is 541 Å². The first-order chi connectivity index (χ1) is 45.6. The third kappa shape index (κ3) is 9.51. The molecule has 4 nitrogen and oxygen atoms in total. The van der Waals surface area contributed by atoms with Crippen LogP contribution in [0.4, 0.5) is 68.2 Å². The Morgan fingerprint density at radius 2 is 0.380 bits per heavy atom. The summed E-state index contributed by atoms with van der Waals surface area (Å²) in [6.07, 6.45) is 9.70. The molecule has 0 aliphatic heterocycles. The lowest BCUT2D eigenvalue weighted by Crippen LogP contribution is -2.21. The zero-order valence-corrected chi connectivity index (χ0v) is 51.6. The van der Waals surface area contributed by atoms with Gasteiger partial charge in [0.15, 0.2) is 0 Å². The lowest BCUT2D eigenvalue weighted by molar-refractivity contribution is 0.550. The van der Waals surface area contributed by atoms with Crippen LogP contribution in [0.1, 0.15) is 73.6 Å². The van der Waals surface area contributed by atoms with Crippen LogP contribution < -0.4 is 19.6 Å². The van der Waals surface area contributed by atoms with Crippen LogP contribution in [-0.4, -0.2) is 0 Å². The summed E-state index contributed by atoms with van der Waals surface area (Å²) < 4.78 is 0. The van der Waals surface area contributed by atoms with Gasteiger partial charge in [-0.25, -0.2) is 0 Å². The van der Waals surface area contributed by atoms with Gasteiger partial charge >= 0.3 is 0 Å². The predicted molar refractivity (Wildman–Crippen MR) is 385 cm³/mol. The Bertz CT molecular complexity index is 4380. The molecule has 13 aromatic carbocycles. The third-order valence-electron chi connectivity index (χ3n) is 20.5. The molecule has 4 aliphatic carbocycles. The van der Waals surface area contributed by atoms with Gasteiger partial charge in [0.25, 0.3) is 0 Å². The summed E-state index contributed by atoms with van der Waals surface area (Å²) in [6.45, 7) is 0. The Balaban J connectivity index is 0.749. The maximum atomic E-state index is 2.54. The molecule has 0 aromatic heterocycles. The molecule has 13 aromatic rings. The van der Waals surface area contributed by atoms with Crippen LogP contribution in [0.3, 0.4) is 0 Å². The van der Waals surface area contributed by atoms with E-state index in [1.54, 1.807) is 0 Å². The second-order valence-electron chi connectivity index (χ2n) is 25.5. The fourth-order valence-corrected chi connectivity index (χ4v) is 16.3. The van der Waals surface area contributed by atoms with Gasteiger partial charge in [0.1, 0.15) is 0 Å². The second-order valence-corrected chi connectivity index (χ2v) is 25.5. The number of para-hydroxylation sites is 4. The molecule has 0 saturated heterocycles. The highest BCUT2D eigenvalue weighted by Gasteiger charge is 2.46. The number of rotatable bonds is 14. The summed E-state index contributed by atoms with van der Waals surface area (Å²) in [7, 11) is 0. The van der Waals surface area contributed by atoms with E-state index in [1.807, 2.05) is 0 Å². The topological polar surface area (TPSA) is 13.0 Å². The van der Waals surface area contributed by atoms with Crippen LogP contribution >= 0.6 is 0 Å². The van der Waals surface area contributed by atoms with E-state index in [-0.39, 0.29) is 10.8 Å². The average molecular weight is 1180 g/mol. The standard InChI is InChI=1S/C88H70N4/c1-5-21-67(22-6-1)89(68-23-7-2-8-24-68)71-41-33-63(34-42-71)65-37-45-73(46-38-65)91(77-53-55-81-79-29-13-15-31-83(79)87(85(81)61-77)57-17-18-58-87)75-49-51-76(52-50-75)92(78-54-56-82-80-30-14-16-32-84(80)88(86(82)62-78)59-19-20-60-88)74-47-39-66(40-48-74)64-35-43-72(44-36-64)90(69-25-9-3-10-26-69)70-27-11-4-12-28-70/h1-16,21-56,61-62H,17-20,57-60H2. The molecular formula is C88H70N4. The first-order valence-corrected chi connectivity index (χ1v) is 33.0. The molecule has 17 rings (SSSR count). The number of hydrogen-bond donors (Lipinski definition) is 0. The SMILES string of the molecule is c1ccc(N(c2ccccc2)c2ccc(-c3ccc(N(c4ccc(N(c5ccc(-c6ccc(N(c7ccccc7)c7ccccc7)cc6)cc5)c5ccc6c(c5)C5(CCCC5)c5ccccc5-6)cc4)c4ccc5c(c4)C4(CCCC4)c4ccccc4-5)cc3)cc2)cc1. The minimum atomic E-state index is 0.0316. The Morgan fingerprint density at radius 1 is 0.174 bits per heavy atom. The van der Waals surface area contributed by atoms with Crippen LogP contribution in [0.5, 0.6) is 0 Å². The van der Waals surface area contributed by atoms with Crippen molar-refractivity contribution >= 4 is 68.2 Å². The van der Waals surface area contributed by atoms with E-state index in [9.17, 15) is 0 Å². The van der Waals surface area contributed by atoms with Crippen LogP contribution in [0.2, 0.25) is 0 Å². The van der Waals surface area contributed by atoms with Crippen LogP contribution in [0, 0.1) is 0 Å². The normalized spacial score (nSPS) is 14.3. The van der Waals surface area contributed by atoms with E-state index < -0.39 is 0 Å². The van der Waals surface area contributed by atoms with Gasteiger partial charge < -0.3 is 19.6 Å². The summed E-state index contributed by atoms with van der Waals surface area (Å²) in [5.74, 6) is 0. The van der Waals surface area contributed by atoms with Crippen molar-refractivity contribution in [1.29, 1.82) is 0 Å². The molecule has 0 unspecified atom stereocenters. The highest BCUT2D eigenvalue weighted by molar-refractivity contribution is 5.90. The fourth-order valence-electron chi connectivity index (χ4n) is 16.3. The zero-order valence-electron chi connectivity index (χ0n) is 51.6. The van der Waals surface area contributed by atoms with Gasteiger partial charge in [0, 0.05) is 79.1 Å². The quantitative estimate of drug-likeness (QED) is 0.108. The highest BCUT2D eigenvalue weighted by Crippen LogP contribution is 2.60. The molecular weight excluding hydrogens is 1110 g/mol. The average Bonchev–Trinajstić information content (AvgIpc) is 1.57. The first-order valence-electron chi connectivity index (χ1n) is 33.0. The number of anilines is 12. The van der Waals surface area contributed by atoms with Crippen molar-refractivity contribution in [1.82, 2.24) is 0 Å². The zero-order chi connectivity index (χ0) is 61.0. The number of benzene rings is 13. The van der Waals surface area contributed by atoms with Gasteiger partial charge in [0.05, 0.1) is 0 Å². The summed E-state index contributed by atoms with van der Waals surface area (Å²) in [5, 5.41) is 0. The van der Waals surface area contributed by atoms with Gasteiger partial charge in [-0.05, 0) is 238 Å². The molecule has 2 saturated carbocycles. The maximum Gasteiger partial charge on any atom is 0.0465 e. The molecule has 2 spiro atoms. The lowest BCUT2D eigenvalue weighted by atomic mass is 9.76. The van der Waals surface area contributed by atoms with E-state index in [0.29, 0.717) is 0 Å². The van der Waals surface area contributed by atoms with E-state index in [4.69, 9.17) is 0 Å². The van der Waals surface area contributed by atoms with E-state index in [0.717, 1.165) is 56.9 Å². The Hall–Kier alpha value is -10.9. The van der Waals surface area contributed by atoms with Gasteiger partial charge in [0.2, 0.25) is 0 Å². The van der Waals surface area contributed by atoms with Crippen molar-refractivity contribution in [3.63, 3.8) is 0 Å². The molecule has 4 aliphatic rings. The van der Waals surface area contributed by atoms with Crippen molar-refractivity contribution in [3.05, 3.63) is 350 Å². The summed E-state index contributed by atoms with van der Waals surface area (Å²) in [6, 6.07) is 121. The summed E-state index contributed by atoms with van der Waals surface area (Å²) in [5.41, 5.74) is 29.7. The molecule has 4 heteroatoms. The van der Waals surface area contributed by atoms with Gasteiger partial charge in [-0.2, -0.15) is 0 Å². The van der Waals surface area contributed by atoms with Crippen LogP contribution in [0.25, 0.3) is 44.5 Å². The molecule has 2 fully saturated rings. The number of hydrogen-bond acceptors (Lipinski definition) is 4. The number of nitrogens with zero attached hydrogens (tertiary/aromatic N) is 4. The van der Waals surface area contributed by atoms with Crippen molar-refractivity contribution in [3.8, 4) is 44.5 Å². The van der Waals surface area contributed by atoms with E-state index in [1.165, 1.54) is 130 Å². The number of fused-ring (bicyclic) bond motifs is 10. The Kier molecular flexibility index (Phi) is 13.9. The highest BCUT2D eigenvalue weighted by atomic mass is 15.2. The molecule has 0 amide bonds. The minimum absolute atomic E-state index is 0.0316. The molecule has 92 heavy (non-hydrogen) atoms. The third-order valence-corrected chi connectivity index (χ3v) is 20.5. The van der Waals surface area contributed by atoms with E-state index in [2.05, 4.69) is 347 Å². The van der Waals surface area contributed by atoms with Crippen molar-refractivity contribution in [2.45, 2.75) is 62.2 Å². The predicted octanol–water partition coefficient (Wildman–Crippen LogP) is 24.6. The minimum Gasteiger partial charge on any atom is -0.311 e. The molecule has 0 heterocycles. The van der Waals surface area contributed by atoms with E-state index >= 15 is 0 Å². The van der Waals surface area contributed by atoms with Gasteiger partial charge in [-0.15, -0.1) is 0 Å². The summed E-state index contributed by atoms with van der Waals surface area (Å²) >= 11 is 0. The van der Waals surface area contributed by atoms with Crippen molar-refractivity contribution in [2.75, 3.05) is 19.6 Å². The second kappa shape index (κ2) is 23.1. The lowest BCUT2D eigenvalue weighted by Gasteiger charge is -2.31. The fraction of sp³-hybridized carbons (Fsp3) is 0.114. The van der Waals surface area contributed by atoms with Crippen molar-refractivity contribution in [2.24, 2.45) is 0 Å². The summed E-state index contributed by atoms with van der Waals surface area (Å²) in [4.78, 5) is 9.61.